The summed E-state index contributed by atoms with van der Waals surface area (Å²) in [5.41, 5.74) is 1.29. The van der Waals surface area contributed by atoms with E-state index < -0.39 is 11.7 Å². The van der Waals surface area contributed by atoms with E-state index in [1.165, 1.54) is 0 Å². The summed E-state index contributed by atoms with van der Waals surface area (Å²) < 4.78 is 10.5. The maximum absolute atomic E-state index is 12.2. The topological polar surface area (TPSA) is 77.5 Å². The molecule has 1 heterocycles. The molecule has 6 nitrogen and oxygen atoms in total. The summed E-state index contributed by atoms with van der Waals surface area (Å²) in [6.07, 6.45) is 4.13. The molecule has 0 spiro atoms. The molecule has 6 heteroatoms. The van der Waals surface area contributed by atoms with Crippen molar-refractivity contribution in [2.75, 3.05) is 6.61 Å². The van der Waals surface area contributed by atoms with Gasteiger partial charge in [-0.1, -0.05) is 12.5 Å². The fourth-order valence-electron chi connectivity index (χ4n) is 3.15. The number of nitrogens with one attached hydrogen (secondary N) is 1. The molecule has 1 N–H and O–H groups in total. The molecule has 1 amide bonds. The second-order valence-corrected chi connectivity index (χ2v) is 7.31. The molecule has 2 rings (SSSR count). The molecule has 0 bridgehead atoms. The molecule has 2 atom stereocenters. The predicted octanol–water partition coefficient (Wildman–Crippen LogP) is 3.87. The maximum Gasteiger partial charge on any atom is 0.408 e. The van der Waals surface area contributed by atoms with Crippen LogP contribution in [0.5, 0.6) is 0 Å². The van der Waals surface area contributed by atoms with Crippen LogP contribution in [0.2, 0.25) is 0 Å². The molecule has 1 aliphatic carbocycles. The Balaban J connectivity index is 2.17. The number of fused-ring (bicyclic) bond motifs is 1. The number of pyridine rings is 1. The van der Waals surface area contributed by atoms with Crippen molar-refractivity contribution in [3.8, 4) is 0 Å². The number of hydrogen-bond donors (Lipinski definition) is 1. The molecule has 0 radical (unpaired) electrons. The maximum atomic E-state index is 12.2. The third kappa shape index (κ3) is 5.73. The number of rotatable bonds is 4. The lowest BCUT2D eigenvalue weighted by Crippen LogP contribution is -2.35. The van der Waals surface area contributed by atoms with Gasteiger partial charge in [0.05, 0.1) is 19.1 Å². The molecule has 0 saturated carbocycles. The summed E-state index contributed by atoms with van der Waals surface area (Å²) in [6, 6.07) is 3.66. The fourth-order valence-corrected chi connectivity index (χ4v) is 3.15. The van der Waals surface area contributed by atoms with Crippen LogP contribution >= 0.6 is 0 Å². The van der Waals surface area contributed by atoms with Crippen LogP contribution in [0, 0.1) is 0 Å². The minimum absolute atomic E-state index is 0.0145. The Labute approximate surface area is 149 Å². The third-order valence-corrected chi connectivity index (χ3v) is 4.09. The molecule has 1 aromatic heterocycles. The molecular formula is C19H28N2O4. The van der Waals surface area contributed by atoms with Gasteiger partial charge in [-0.25, -0.2) is 4.79 Å². The normalized spacial score (nSPS) is 20.2. The molecule has 0 aliphatic heterocycles. The van der Waals surface area contributed by atoms with E-state index >= 15 is 0 Å². The third-order valence-electron chi connectivity index (χ3n) is 4.09. The van der Waals surface area contributed by atoms with E-state index in [9.17, 15) is 9.59 Å². The second kappa shape index (κ2) is 8.32. The largest absolute Gasteiger partial charge is 0.466 e. The Bertz CT molecular complexity index is 610. The number of nitrogens with zero attached hydrogens (tertiary/aromatic N) is 1. The lowest BCUT2D eigenvalue weighted by atomic mass is 9.94. The van der Waals surface area contributed by atoms with Crippen molar-refractivity contribution < 1.29 is 19.1 Å². The number of amides is 1. The zero-order valence-corrected chi connectivity index (χ0v) is 15.5. The fraction of sp³-hybridized carbons (Fsp3) is 0.632. The standard InChI is InChI=1S/C19H28N2O4/c1-5-24-16(22)12-13-8-6-10-15(14-9-7-11-20-17(13)14)21-18(23)25-19(2,3)4/h7,9,11,13,15H,5-6,8,10,12H2,1-4H3,(H,21,23)/t13-,15-/m0/s1. The van der Waals surface area contributed by atoms with E-state index in [0.717, 1.165) is 30.5 Å². The van der Waals surface area contributed by atoms with Crippen LogP contribution < -0.4 is 5.32 Å². The lowest BCUT2D eigenvalue weighted by Gasteiger charge is -2.24. The zero-order chi connectivity index (χ0) is 18.4. The molecule has 1 aromatic rings. The van der Waals surface area contributed by atoms with Crippen LogP contribution in [-0.4, -0.2) is 29.3 Å². The molecule has 0 fully saturated rings. The Hall–Kier alpha value is -2.11. The van der Waals surface area contributed by atoms with Gasteiger partial charge < -0.3 is 14.8 Å². The van der Waals surface area contributed by atoms with E-state index in [1.807, 2.05) is 32.9 Å². The smallest absolute Gasteiger partial charge is 0.408 e. The first-order chi connectivity index (χ1) is 11.8. The van der Waals surface area contributed by atoms with Crippen LogP contribution in [0.3, 0.4) is 0 Å². The number of ether oxygens (including phenoxy) is 2. The molecule has 0 saturated heterocycles. The minimum Gasteiger partial charge on any atom is -0.466 e. The average molecular weight is 348 g/mol. The van der Waals surface area contributed by atoms with Gasteiger partial charge in [0.1, 0.15) is 5.60 Å². The highest BCUT2D eigenvalue weighted by molar-refractivity contribution is 5.71. The van der Waals surface area contributed by atoms with Gasteiger partial charge in [-0.3, -0.25) is 9.78 Å². The van der Waals surface area contributed by atoms with Crippen LogP contribution in [-0.2, 0) is 14.3 Å². The van der Waals surface area contributed by atoms with Gasteiger partial charge in [-0.15, -0.1) is 0 Å². The number of alkyl carbamates (subject to hydrolysis) is 1. The Morgan fingerprint density at radius 1 is 1.32 bits per heavy atom. The van der Waals surface area contributed by atoms with Gasteiger partial charge in [0.25, 0.3) is 0 Å². The van der Waals surface area contributed by atoms with E-state index in [-0.39, 0.29) is 17.9 Å². The van der Waals surface area contributed by atoms with Crippen molar-refractivity contribution in [1.82, 2.24) is 10.3 Å². The number of aromatic nitrogens is 1. The Morgan fingerprint density at radius 2 is 2.08 bits per heavy atom. The molecule has 0 aromatic carbocycles. The SMILES string of the molecule is CCOC(=O)C[C@@H]1CCC[C@H](NC(=O)OC(C)(C)C)c2cccnc21. The first-order valence-electron chi connectivity index (χ1n) is 8.90. The molecule has 138 valence electrons. The average Bonchev–Trinajstić information content (AvgIpc) is 2.66. The summed E-state index contributed by atoms with van der Waals surface area (Å²) in [4.78, 5) is 28.6. The van der Waals surface area contributed by atoms with Crippen molar-refractivity contribution in [2.45, 2.75) is 70.9 Å². The molecule has 1 aliphatic rings. The zero-order valence-electron chi connectivity index (χ0n) is 15.5. The van der Waals surface area contributed by atoms with Crippen LogP contribution in [0.15, 0.2) is 18.3 Å². The van der Waals surface area contributed by atoms with Crippen molar-refractivity contribution in [3.05, 3.63) is 29.6 Å². The first-order valence-corrected chi connectivity index (χ1v) is 8.90. The van der Waals surface area contributed by atoms with Crippen LogP contribution in [0.4, 0.5) is 4.79 Å². The van der Waals surface area contributed by atoms with Gasteiger partial charge in [-0.05, 0) is 52.2 Å². The molecule has 0 unspecified atom stereocenters. The van der Waals surface area contributed by atoms with E-state index in [0.29, 0.717) is 13.0 Å². The lowest BCUT2D eigenvalue weighted by molar-refractivity contribution is -0.143. The summed E-state index contributed by atoms with van der Waals surface area (Å²) >= 11 is 0. The second-order valence-electron chi connectivity index (χ2n) is 7.31. The highest BCUT2D eigenvalue weighted by Gasteiger charge is 2.29. The van der Waals surface area contributed by atoms with Crippen LogP contribution in [0.1, 0.15) is 76.6 Å². The van der Waals surface area contributed by atoms with E-state index in [2.05, 4.69) is 10.3 Å². The van der Waals surface area contributed by atoms with Gasteiger partial charge >= 0.3 is 12.1 Å². The summed E-state index contributed by atoms with van der Waals surface area (Å²) in [5, 5.41) is 2.95. The highest BCUT2D eigenvalue weighted by atomic mass is 16.6. The van der Waals surface area contributed by atoms with E-state index in [4.69, 9.17) is 9.47 Å². The van der Waals surface area contributed by atoms with Crippen molar-refractivity contribution in [3.63, 3.8) is 0 Å². The first kappa shape index (κ1) is 19.2. The predicted molar refractivity (Wildman–Crippen MR) is 94.2 cm³/mol. The van der Waals surface area contributed by atoms with Crippen molar-refractivity contribution in [2.24, 2.45) is 0 Å². The monoisotopic (exact) mass is 348 g/mol. The van der Waals surface area contributed by atoms with Crippen LogP contribution in [0.25, 0.3) is 0 Å². The molecular weight excluding hydrogens is 320 g/mol. The van der Waals surface area contributed by atoms with Crippen molar-refractivity contribution >= 4 is 12.1 Å². The van der Waals surface area contributed by atoms with Gasteiger partial charge in [-0.2, -0.15) is 0 Å². The molecule has 25 heavy (non-hydrogen) atoms. The summed E-state index contributed by atoms with van der Waals surface area (Å²) in [5.74, 6) is -0.191. The summed E-state index contributed by atoms with van der Waals surface area (Å²) in [7, 11) is 0. The number of carbonyl (C=O) groups is 2. The number of hydrogen-bond acceptors (Lipinski definition) is 5. The van der Waals surface area contributed by atoms with Crippen molar-refractivity contribution in [1.29, 1.82) is 0 Å². The number of carbonyl (C=O) groups excluding carboxylic acids is 2. The van der Waals surface area contributed by atoms with Gasteiger partial charge in [0, 0.05) is 17.8 Å². The Morgan fingerprint density at radius 3 is 2.76 bits per heavy atom. The quantitative estimate of drug-likeness (QED) is 0.660. The van der Waals surface area contributed by atoms with Gasteiger partial charge in [0.2, 0.25) is 0 Å². The van der Waals surface area contributed by atoms with Gasteiger partial charge in [0.15, 0.2) is 0 Å². The summed E-state index contributed by atoms with van der Waals surface area (Å²) in [6.45, 7) is 7.70. The minimum atomic E-state index is -0.543. The number of esters is 1. The highest BCUT2D eigenvalue weighted by Crippen LogP contribution is 2.36. The Kier molecular flexibility index (Phi) is 6.39. The van der Waals surface area contributed by atoms with E-state index in [1.54, 1.807) is 13.1 Å².